The second-order valence-electron chi connectivity index (χ2n) is 1.69. The van der Waals surface area contributed by atoms with Gasteiger partial charge in [-0.3, -0.25) is 10.8 Å². The second kappa shape index (κ2) is 1.81. The fraction of sp³-hybridized carbons (Fsp3) is 0.500. The third-order valence-corrected chi connectivity index (χ3v) is 0.966. The van der Waals surface area contributed by atoms with Crippen molar-refractivity contribution < 1.29 is 0 Å². The molecule has 0 aromatic carbocycles. The Bertz CT molecular complexity index is 137. The molecule has 1 aliphatic rings. The first-order chi connectivity index (χ1) is 3.79. The van der Waals surface area contributed by atoms with E-state index in [1.54, 1.807) is 0 Å². The fourth-order valence-corrected chi connectivity index (χ4v) is 0.504. The Balaban J connectivity index is 2.55. The molecule has 0 aromatic rings. The lowest BCUT2D eigenvalue weighted by atomic mass is 10.2. The minimum absolute atomic E-state index is 0.444. The topological polar surface area (TPSA) is 74.3 Å². The number of rotatable bonds is 0. The maximum Gasteiger partial charge on any atom is 0.120 e. The number of nitrogens with zero attached hydrogens (tertiary/aromatic N) is 1. The van der Waals surface area contributed by atoms with Crippen LogP contribution < -0.4 is 11.2 Å². The highest BCUT2D eigenvalue weighted by atomic mass is 15.3. The molecule has 4 heteroatoms. The molecule has 0 radical (unpaired) electrons. The molecule has 1 heterocycles. The maximum absolute atomic E-state index is 7.00. The van der Waals surface area contributed by atoms with E-state index in [-0.39, 0.29) is 0 Å². The summed E-state index contributed by atoms with van der Waals surface area (Å²) >= 11 is 0. The highest BCUT2D eigenvalue weighted by molar-refractivity contribution is 5.91. The minimum Gasteiger partial charge on any atom is -0.386 e. The van der Waals surface area contributed by atoms with Gasteiger partial charge in [0.25, 0.3) is 0 Å². The fourth-order valence-electron chi connectivity index (χ4n) is 0.504. The van der Waals surface area contributed by atoms with Gasteiger partial charge in [-0.25, -0.2) is 0 Å². The van der Waals surface area contributed by atoms with Crippen LogP contribution >= 0.6 is 0 Å². The molecule has 0 spiro atoms. The van der Waals surface area contributed by atoms with E-state index < -0.39 is 0 Å². The van der Waals surface area contributed by atoms with Crippen molar-refractivity contribution >= 4 is 11.7 Å². The Hall–Kier alpha value is -1.06. The molecule has 1 rings (SSSR count). The largest absolute Gasteiger partial charge is 0.386 e. The number of nitrogens with one attached hydrogen (secondary N) is 2. The molecule has 0 unspecified atom stereocenters. The monoisotopic (exact) mass is 112 g/mol. The molecule has 1 aliphatic heterocycles. The molecule has 0 bridgehead atoms. The number of hydrogen-bond donors (Lipinski definition) is 3. The van der Waals surface area contributed by atoms with Crippen LogP contribution in [0, 0.1) is 5.41 Å². The molecule has 0 aliphatic carbocycles. The average Bonchev–Trinajstić information content (AvgIpc) is 1.77. The summed E-state index contributed by atoms with van der Waals surface area (Å²) in [7, 11) is 0. The van der Waals surface area contributed by atoms with Crippen LogP contribution in [-0.2, 0) is 0 Å². The lowest BCUT2D eigenvalue weighted by Crippen LogP contribution is -2.28. The zero-order valence-electron chi connectivity index (χ0n) is 4.44. The Morgan fingerprint density at radius 1 is 1.62 bits per heavy atom. The normalized spacial score (nSPS) is 19.5. The van der Waals surface area contributed by atoms with E-state index in [0.29, 0.717) is 24.5 Å². The van der Waals surface area contributed by atoms with Crippen LogP contribution in [0.15, 0.2) is 5.10 Å². The van der Waals surface area contributed by atoms with Gasteiger partial charge in [-0.15, -0.1) is 0 Å². The summed E-state index contributed by atoms with van der Waals surface area (Å²) in [6.45, 7) is 0. The van der Waals surface area contributed by atoms with Crippen LogP contribution in [0.5, 0.6) is 0 Å². The maximum atomic E-state index is 7.00. The molecule has 0 fully saturated rings. The SMILES string of the molecule is N=C1CCC(N)=NN1. The van der Waals surface area contributed by atoms with E-state index in [2.05, 4.69) is 10.5 Å². The Labute approximate surface area is 47.3 Å². The number of hydrazone groups is 1. The van der Waals surface area contributed by atoms with Crippen molar-refractivity contribution in [2.24, 2.45) is 10.8 Å². The molecule has 8 heavy (non-hydrogen) atoms. The molecule has 0 aromatic heterocycles. The first kappa shape index (κ1) is 5.08. The van der Waals surface area contributed by atoms with E-state index in [1.807, 2.05) is 0 Å². The summed E-state index contributed by atoms with van der Waals surface area (Å²) in [6, 6.07) is 0. The smallest absolute Gasteiger partial charge is 0.120 e. The van der Waals surface area contributed by atoms with Crippen molar-refractivity contribution in [2.75, 3.05) is 0 Å². The molecule has 4 N–H and O–H groups in total. The Morgan fingerprint density at radius 3 is 2.75 bits per heavy atom. The molecule has 44 valence electrons. The van der Waals surface area contributed by atoms with Crippen LogP contribution in [0.25, 0.3) is 0 Å². The van der Waals surface area contributed by atoms with E-state index in [0.717, 1.165) is 0 Å². The average molecular weight is 112 g/mol. The number of amidine groups is 2. The van der Waals surface area contributed by atoms with Gasteiger partial charge in [0.1, 0.15) is 11.7 Å². The van der Waals surface area contributed by atoms with E-state index in [1.165, 1.54) is 0 Å². The zero-order chi connectivity index (χ0) is 5.98. The molecular weight excluding hydrogens is 104 g/mol. The van der Waals surface area contributed by atoms with Crippen molar-refractivity contribution in [3.63, 3.8) is 0 Å². The van der Waals surface area contributed by atoms with Crippen molar-refractivity contribution in [3.8, 4) is 0 Å². The molecule has 0 amide bonds. The summed E-state index contributed by atoms with van der Waals surface area (Å²) in [5.41, 5.74) is 7.77. The van der Waals surface area contributed by atoms with Crippen molar-refractivity contribution in [3.05, 3.63) is 0 Å². The predicted molar refractivity (Wildman–Crippen MR) is 31.7 cm³/mol. The zero-order valence-corrected chi connectivity index (χ0v) is 4.44. The lowest BCUT2D eigenvalue weighted by molar-refractivity contribution is 0.883. The second-order valence-corrected chi connectivity index (χ2v) is 1.69. The first-order valence-electron chi connectivity index (χ1n) is 2.44. The van der Waals surface area contributed by atoms with Crippen molar-refractivity contribution in [2.45, 2.75) is 12.8 Å². The van der Waals surface area contributed by atoms with Crippen LogP contribution in [0.4, 0.5) is 0 Å². The van der Waals surface area contributed by atoms with Crippen LogP contribution in [-0.4, -0.2) is 11.7 Å². The number of hydrogen-bond acceptors (Lipinski definition) is 3. The third kappa shape index (κ3) is 0.959. The molecule has 0 saturated carbocycles. The van der Waals surface area contributed by atoms with Gasteiger partial charge in [0.2, 0.25) is 0 Å². The van der Waals surface area contributed by atoms with Crippen LogP contribution in [0.1, 0.15) is 12.8 Å². The predicted octanol–water partition coefficient (Wildman–Crippen LogP) is -0.381. The number of nitrogens with two attached hydrogens (primary N) is 1. The standard InChI is InChI=1S/C4H8N4/c5-3-1-2-4(6)8-7-3/h1-2H2,(H2,5,7)(H2,6,8). The van der Waals surface area contributed by atoms with Crippen molar-refractivity contribution in [1.82, 2.24) is 5.43 Å². The van der Waals surface area contributed by atoms with E-state index >= 15 is 0 Å². The Kier molecular flexibility index (Phi) is 1.15. The highest BCUT2D eigenvalue weighted by Gasteiger charge is 2.02. The van der Waals surface area contributed by atoms with Crippen LogP contribution in [0.2, 0.25) is 0 Å². The molecule has 0 saturated heterocycles. The quantitative estimate of drug-likeness (QED) is 0.399. The van der Waals surface area contributed by atoms with Gasteiger partial charge in [-0.05, 0) is 0 Å². The van der Waals surface area contributed by atoms with Gasteiger partial charge in [0.05, 0.1) is 0 Å². The molecule has 0 atom stereocenters. The summed E-state index contributed by atoms with van der Waals surface area (Å²) < 4.78 is 0. The molecule has 4 nitrogen and oxygen atoms in total. The minimum atomic E-state index is 0.444. The lowest BCUT2D eigenvalue weighted by Gasteiger charge is -2.08. The molecular formula is C4H8N4. The van der Waals surface area contributed by atoms with Gasteiger partial charge in [-0.2, -0.15) is 5.10 Å². The first-order valence-corrected chi connectivity index (χ1v) is 2.44. The van der Waals surface area contributed by atoms with E-state index in [9.17, 15) is 0 Å². The van der Waals surface area contributed by atoms with Crippen molar-refractivity contribution in [1.29, 1.82) is 5.41 Å². The summed E-state index contributed by atoms with van der Waals surface area (Å²) in [5.74, 6) is 1.03. The van der Waals surface area contributed by atoms with Gasteiger partial charge >= 0.3 is 0 Å². The van der Waals surface area contributed by atoms with E-state index in [4.69, 9.17) is 11.1 Å². The highest BCUT2D eigenvalue weighted by Crippen LogP contribution is 1.93. The van der Waals surface area contributed by atoms with Crippen LogP contribution in [0.3, 0.4) is 0 Å². The van der Waals surface area contributed by atoms with Gasteiger partial charge in [0, 0.05) is 12.8 Å². The summed E-state index contributed by atoms with van der Waals surface area (Å²) in [4.78, 5) is 0. The summed E-state index contributed by atoms with van der Waals surface area (Å²) in [5, 5.41) is 10.6. The van der Waals surface area contributed by atoms with Gasteiger partial charge in [0.15, 0.2) is 0 Å². The third-order valence-electron chi connectivity index (χ3n) is 0.966. The van der Waals surface area contributed by atoms with Gasteiger partial charge in [-0.1, -0.05) is 0 Å². The van der Waals surface area contributed by atoms with Gasteiger partial charge < -0.3 is 5.73 Å². The summed E-state index contributed by atoms with van der Waals surface area (Å²) in [6.07, 6.45) is 1.40. The Morgan fingerprint density at radius 2 is 2.38 bits per heavy atom.